The molecule has 1 aromatic heterocycles. The topological polar surface area (TPSA) is 46.3 Å². The molecule has 0 fully saturated rings. The van der Waals surface area contributed by atoms with Crippen LogP contribution in [0.3, 0.4) is 0 Å². The summed E-state index contributed by atoms with van der Waals surface area (Å²) in [6.45, 7) is 1.44. The molecule has 1 unspecified atom stereocenters. The van der Waals surface area contributed by atoms with Crippen molar-refractivity contribution in [2.24, 2.45) is 0 Å². The van der Waals surface area contributed by atoms with Crippen molar-refractivity contribution in [3.05, 3.63) is 41.4 Å². The maximum atomic E-state index is 13.4. The Labute approximate surface area is 94.5 Å². The number of benzene rings is 1. The van der Waals surface area contributed by atoms with Gasteiger partial charge in [-0.2, -0.15) is 0 Å². The molecule has 0 saturated carbocycles. The number of hydrogen-bond acceptors (Lipinski definition) is 3. The molecule has 2 rings (SSSR count). The summed E-state index contributed by atoms with van der Waals surface area (Å²) in [6.07, 6.45) is -0.912. The lowest BCUT2D eigenvalue weighted by molar-refractivity contribution is 0.158. The Morgan fingerprint density at radius 3 is 2.35 bits per heavy atom. The molecular weight excluding hydrogens is 235 g/mol. The van der Waals surface area contributed by atoms with Crippen LogP contribution in [0.2, 0.25) is 0 Å². The SMILES string of the molecule is CC(O)c1cc(-c2cc(F)c(F)cc2F)no1. The van der Waals surface area contributed by atoms with Gasteiger partial charge in [0, 0.05) is 17.7 Å². The molecule has 0 aliphatic carbocycles. The van der Waals surface area contributed by atoms with E-state index in [1.807, 2.05) is 0 Å². The van der Waals surface area contributed by atoms with Crippen LogP contribution in [0.15, 0.2) is 22.7 Å². The van der Waals surface area contributed by atoms with Gasteiger partial charge in [-0.05, 0) is 13.0 Å². The van der Waals surface area contributed by atoms with Crippen molar-refractivity contribution in [2.45, 2.75) is 13.0 Å². The minimum absolute atomic E-state index is 0.00250. The average Bonchev–Trinajstić information content (AvgIpc) is 2.72. The zero-order chi connectivity index (χ0) is 12.6. The first kappa shape index (κ1) is 11.7. The van der Waals surface area contributed by atoms with Crippen molar-refractivity contribution >= 4 is 0 Å². The van der Waals surface area contributed by atoms with Gasteiger partial charge in [0.05, 0.1) is 0 Å². The van der Waals surface area contributed by atoms with Gasteiger partial charge < -0.3 is 9.63 Å². The molecule has 1 aromatic carbocycles. The number of aromatic nitrogens is 1. The number of rotatable bonds is 2. The predicted octanol–water partition coefficient (Wildman–Crippen LogP) is 2.81. The van der Waals surface area contributed by atoms with Crippen LogP contribution in [0.1, 0.15) is 18.8 Å². The summed E-state index contributed by atoms with van der Waals surface area (Å²) in [7, 11) is 0. The van der Waals surface area contributed by atoms with Gasteiger partial charge in [-0.15, -0.1) is 0 Å². The highest BCUT2D eigenvalue weighted by Gasteiger charge is 2.16. The Hall–Kier alpha value is -1.82. The summed E-state index contributed by atoms with van der Waals surface area (Å²) >= 11 is 0. The van der Waals surface area contributed by atoms with Crippen molar-refractivity contribution in [2.75, 3.05) is 0 Å². The van der Waals surface area contributed by atoms with Crippen molar-refractivity contribution in [1.82, 2.24) is 5.16 Å². The fourth-order valence-corrected chi connectivity index (χ4v) is 1.33. The quantitative estimate of drug-likeness (QED) is 0.825. The van der Waals surface area contributed by atoms with Crippen LogP contribution >= 0.6 is 0 Å². The van der Waals surface area contributed by atoms with Gasteiger partial charge in [-0.1, -0.05) is 5.16 Å². The van der Waals surface area contributed by atoms with Crippen LogP contribution in [-0.2, 0) is 0 Å². The molecule has 0 spiro atoms. The Morgan fingerprint density at radius 2 is 1.76 bits per heavy atom. The first-order chi connectivity index (χ1) is 7.99. The molecule has 17 heavy (non-hydrogen) atoms. The number of aliphatic hydroxyl groups excluding tert-OH is 1. The second-order valence-corrected chi connectivity index (χ2v) is 3.54. The van der Waals surface area contributed by atoms with E-state index in [9.17, 15) is 18.3 Å². The summed E-state index contributed by atoms with van der Waals surface area (Å²) in [5.41, 5.74) is -0.225. The standard InChI is InChI=1S/C11H8F3NO2/c1-5(16)11-4-10(15-17-11)6-2-8(13)9(14)3-7(6)12/h2-5,16H,1H3. The molecule has 3 nitrogen and oxygen atoms in total. The summed E-state index contributed by atoms with van der Waals surface area (Å²) in [5, 5.41) is 12.7. The van der Waals surface area contributed by atoms with Gasteiger partial charge in [-0.3, -0.25) is 0 Å². The molecule has 90 valence electrons. The van der Waals surface area contributed by atoms with Gasteiger partial charge in [0.15, 0.2) is 17.4 Å². The van der Waals surface area contributed by atoms with E-state index in [1.165, 1.54) is 13.0 Å². The molecule has 6 heteroatoms. The Kier molecular flexibility index (Phi) is 2.89. The van der Waals surface area contributed by atoms with Gasteiger partial charge in [-0.25, -0.2) is 13.2 Å². The molecular formula is C11H8F3NO2. The largest absolute Gasteiger partial charge is 0.385 e. The van der Waals surface area contributed by atoms with Crippen LogP contribution in [0.5, 0.6) is 0 Å². The first-order valence-corrected chi connectivity index (χ1v) is 4.78. The highest BCUT2D eigenvalue weighted by molar-refractivity contribution is 5.59. The fraction of sp³-hybridized carbons (Fsp3) is 0.182. The lowest BCUT2D eigenvalue weighted by atomic mass is 10.1. The highest BCUT2D eigenvalue weighted by Crippen LogP contribution is 2.26. The third-order valence-electron chi connectivity index (χ3n) is 2.23. The van der Waals surface area contributed by atoms with Gasteiger partial charge in [0.25, 0.3) is 0 Å². The van der Waals surface area contributed by atoms with Crippen LogP contribution in [0, 0.1) is 17.5 Å². The van der Waals surface area contributed by atoms with E-state index in [1.54, 1.807) is 0 Å². The Balaban J connectivity index is 2.49. The van der Waals surface area contributed by atoms with Crippen LogP contribution in [-0.4, -0.2) is 10.3 Å². The van der Waals surface area contributed by atoms with Gasteiger partial charge in [0.1, 0.15) is 17.6 Å². The van der Waals surface area contributed by atoms with Crippen molar-refractivity contribution in [3.63, 3.8) is 0 Å². The summed E-state index contributed by atoms with van der Waals surface area (Å²) in [5.74, 6) is -3.29. The highest BCUT2D eigenvalue weighted by atomic mass is 19.2. The minimum atomic E-state index is -1.27. The zero-order valence-electron chi connectivity index (χ0n) is 8.75. The second-order valence-electron chi connectivity index (χ2n) is 3.54. The maximum Gasteiger partial charge on any atom is 0.165 e. The lowest BCUT2D eigenvalue weighted by Gasteiger charge is -1.99. The molecule has 0 saturated heterocycles. The molecule has 1 N–H and O–H groups in total. The summed E-state index contributed by atoms with van der Waals surface area (Å²) in [6, 6.07) is 2.39. The first-order valence-electron chi connectivity index (χ1n) is 4.78. The number of halogens is 3. The minimum Gasteiger partial charge on any atom is -0.385 e. The molecule has 0 amide bonds. The van der Waals surface area contributed by atoms with Crippen molar-refractivity contribution < 1.29 is 22.8 Å². The third kappa shape index (κ3) is 2.16. The molecule has 2 aromatic rings. The Morgan fingerprint density at radius 1 is 1.12 bits per heavy atom. The zero-order valence-corrected chi connectivity index (χ0v) is 8.75. The summed E-state index contributed by atoms with van der Waals surface area (Å²) < 4.78 is 43.8. The van der Waals surface area contributed by atoms with Crippen LogP contribution < -0.4 is 0 Å². The number of aliphatic hydroxyl groups is 1. The normalized spacial score (nSPS) is 12.8. The molecule has 0 radical (unpaired) electrons. The second kappa shape index (κ2) is 4.21. The van der Waals surface area contributed by atoms with E-state index >= 15 is 0 Å². The number of nitrogens with zero attached hydrogens (tertiary/aromatic N) is 1. The smallest absolute Gasteiger partial charge is 0.165 e. The Bertz CT molecular complexity index is 552. The third-order valence-corrected chi connectivity index (χ3v) is 2.23. The lowest BCUT2D eigenvalue weighted by Crippen LogP contribution is -1.91. The molecule has 0 aliphatic heterocycles. The molecule has 0 aliphatic rings. The van der Waals surface area contributed by atoms with Crippen LogP contribution in [0.25, 0.3) is 11.3 Å². The molecule has 1 atom stereocenters. The van der Waals surface area contributed by atoms with Gasteiger partial charge in [0.2, 0.25) is 0 Å². The van der Waals surface area contributed by atoms with E-state index in [-0.39, 0.29) is 17.0 Å². The van der Waals surface area contributed by atoms with E-state index in [0.29, 0.717) is 12.1 Å². The fourth-order valence-electron chi connectivity index (χ4n) is 1.33. The maximum absolute atomic E-state index is 13.4. The average molecular weight is 243 g/mol. The van der Waals surface area contributed by atoms with Gasteiger partial charge >= 0.3 is 0 Å². The van der Waals surface area contributed by atoms with E-state index < -0.39 is 23.6 Å². The monoisotopic (exact) mass is 243 g/mol. The predicted molar refractivity (Wildman–Crippen MR) is 52.4 cm³/mol. The number of hydrogen-bond donors (Lipinski definition) is 1. The van der Waals surface area contributed by atoms with Crippen LogP contribution in [0.4, 0.5) is 13.2 Å². The van der Waals surface area contributed by atoms with Crippen molar-refractivity contribution in [3.8, 4) is 11.3 Å². The van der Waals surface area contributed by atoms with E-state index in [4.69, 9.17) is 4.52 Å². The summed E-state index contributed by atoms with van der Waals surface area (Å²) in [4.78, 5) is 0. The molecule has 1 heterocycles. The van der Waals surface area contributed by atoms with E-state index in [0.717, 1.165) is 0 Å². The van der Waals surface area contributed by atoms with E-state index in [2.05, 4.69) is 5.16 Å². The van der Waals surface area contributed by atoms with Crippen molar-refractivity contribution in [1.29, 1.82) is 0 Å². The molecule has 0 bridgehead atoms.